The van der Waals surface area contributed by atoms with E-state index in [0.29, 0.717) is 6.54 Å². The number of amides is 1. The molecule has 2 N–H and O–H groups in total. The average Bonchev–Trinajstić information content (AvgIpc) is 3.00. The summed E-state index contributed by atoms with van der Waals surface area (Å²) >= 11 is 1.70. The minimum absolute atomic E-state index is 0.0335. The zero-order valence-electron chi connectivity index (χ0n) is 12.7. The summed E-state index contributed by atoms with van der Waals surface area (Å²) in [6, 6.07) is 12.4. The zero-order valence-corrected chi connectivity index (χ0v) is 13.5. The van der Waals surface area contributed by atoms with Crippen molar-refractivity contribution < 1.29 is 4.79 Å². The molecule has 4 heteroatoms. The lowest BCUT2D eigenvalue weighted by Crippen LogP contribution is -2.43. The van der Waals surface area contributed by atoms with Crippen LogP contribution in [0.2, 0.25) is 0 Å². The van der Waals surface area contributed by atoms with Crippen LogP contribution in [0, 0.1) is 6.92 Å². The Balaban J connectivity index is 2.21. The summed E-state index contributed by atoms with van der Waals surface area (Å²) in [6.07, 6.45) is 0. The SMILES string of the molecule is CCNC(=O)[C@@H](C)N[C@@H](c1ccc(C)cc1)c1cccs1. The van der Waals surface area contributed by atoms with Gasteiger partial charge in [-0.05, 0) is 37.8 Å². The van der Waals surface area contributed by atoms with Crippen molar-refractivity contribution in [2.24, 2.45) is 0 Å². The van der Waals surface area contributed by atoms with Gasteiger partial charge < -0.3 is 5.32 Å². The van der Waals surface area contributed by atoms with Crippen molar-refractivity contribution >= 4 is 17.2 Å². The Morgan fingerprint density at radius 3 is 2.52 bits per heavy atom. The van der Waals surface area contributed by atoms with E-state index < -0.39 is 0 Å². The van der Waals surface area contributed by atoms with Crippen LogP contribution in [0.25, 0.3) is 0 Å². The lowest BCUT2D eigenvalue weighted by Gasteiger charge is -2.22. The summed E-state index contributed by atoms with van der Waals surface area (Å²) < 4.78 is 0. The van der Waals surface area contributed by atoms with Crippen LogP contribution in [0.1, 0.15) is 35.9 Å². The average molecular weight is 302 g/mol. The molecule has 1 amide bonds. The second-order valence-corrected chi connectivity index (χ2v) is 6.12. The van der Waals surface area contributed by atoms with Crippen LogP contribution in [0.4, 0.5) is 0 Å². The van der Waals surface area contributed by atoms with Gasteiger partial charge in [0.05, 0.1) is 12.1 Å². The van der Waals surface area contributed by atoms with E-state index in [2.05, 4.69) is 53.3 Å². The molecule has 0 aliphatic heterocycles. The molecule has 0 saturated carbocycles. The van der Waals surface area contributed by atoms with Gasteiger partial charge in [0, 0.05) is 11.4 Å². The van der Waals surface area contributed by atoms with Crippen LogP contribution >= 0.6 is 11.3 Å². The van der Waals surface area contributed by atoms with Gasteiger partial charge in [0.1, 0.15) is 0 Å². The van der Waals surface area contributed by atoms with Crippen molar-refractivity contribution in [3.8, 4) is 0 Å². The van der Waals surface area contributed by atoms with E-state index in [1.54, 1.807) is 11.3 Å². The lowest BCUT2D eigenvalue weighted by atomic mass is 10.0. The smallest absolute Gasteiger partial charge is 0.236 e. The van der Waals surface area contributed by atoms with E-state index in [1.807, 2.05) is 19.9 Å². The van der Waals surface area contributed by atoms with Crippen LogP contribution < -0.4 is 10.6 Å². The van der Waals surface area contributed by atoms with Gasteiger partial charge in [-0.2, -0.15) is 0 Å². The Hall–Kier alpha value is -1.65. The summed E-state index contributed by atoms with van der Waals surface area (Å²) in [7, 11) is 0. The minimum Gasteiger partial charge on any atom is -0.355 e. The van der Waals surface area contributed by atoms with Crippen molar-refractivity contribution in [1.82, 2.24) is 10.6 Å². The maximum absolute atomic E-state index is 12.0. The zero-order chi connectivity index (χ0) is 15.2. The highest BCUT2D eigenvalue weighted by Crippen LogP contribution is 2.26. The third-order valence-corrected chi connectivity index (χ3v) is 4.34. The van der Waals surface area contributed by atoms with Crippen LogP contribution in [-0.2, 0) is 4.79 Å². The minimum atomic E-state index is -0.238. The molecule has 0 radical (unpaired) electrons. The van der Waals surface area contributed by atoms with Gasteiger partial charge in [-0.3, -0.25) is 10.1 Å². The Morgan fingerprint density at radius 1 is 1.24 bits per heavy atom. The summed E-state index contributed by atoms with van der Waals surface area (Å²) in [5.74, 6) is 0.0335. The number of benzene rings is 1. The van der Waals surface area contributed by atoms with Crippen LogP contribution in [0.15, 0.2) is 41.8 Å². The summed E-state index contributed by atoms with van der Waals surface area (Å²) in [5.41, 5.74) is 2.42. The van der Waals surface area contributed by atoms with Crippen molar-refractivity contribution in [3.05, 3.63) is 57.8 Å². The molecular formula is C17H22N2OS. The number of likely N-dealkylation sites (N-methyl/N-ethyl adjacent to an activating group) is 1. The van der Waals surface area contributed by atoms with Crippen LogP contribution in [0.5, 0.6) is 0 Å². The number of carbonyl (C=O) groups excluding carboxylic acids is 1. The molecule has 0 bridgehead atoms. The Kier molecular flexibility index (Phi) is 5.53. The third kappa shape index (κ3) is 4.16. The topological polar surface area (TPSA) is 41.1 Å². The fraction of sp³-hybridized carbons (Fsp3) is 0.353. The molecule has 1 heterocycles. The predicted octanol–water partition coefficient (Wildman–Crippen LogP) is 3.26. The van der Waals surface area contributed by atoms with E-state index in [-0.39, 0.29) is 18.0 Å². The van der Waals surface area contributed by atoms with Gasteiger partial charge >= 0.3 is 0 Å². The Labute approximate surface area is 130 Å². The first kappa shape index (κ1) is 15.7. The lowest BCUT2D eigenvalue weighted by molar-refractivity contribution is -0.122. The largest absolute Gasteiger partial charge is 0.355 e. The molecule has 0 aliphatic rings. The second-order valence-electron chi connectivity index (χ2n) is 5.14. The first-order chi connectivity index (χ1) is 10.1. The van der Waals surface area contributed by atoms with E-state index in [1.165, 1.54) is 16.0 Å². The van der Waals surface area contributed by atoms with Gasteiger partial charge in [-0.25, -0.2) is 0 Å². The summed E-state index contributed by atoms with van der Waals surface area (Å²) in [5, 5.41) is 8.36. The molecule has 0 aliphatic carbocycles. The molecule has 0 saturated heterocycles. The van der Waals surface area contributed by atoms with Gasteiger partial charge in [0.2, 0.25) is 5.91 Å². The maximum atomic E-state index is 12.0. The number of aryl methyl sites for hydroxylation is 1. The number of hydrogen-bond donors (Lipinski definition) is 2. The number of carbonyl (C=O) groups is 1. The first-order valence-corrected chi connectivity index (χ1v) is 8.13. The fourth-order valence-electron chi connectivity index (χ4n) is 2.21. The Bertz CT molecular complexity index is 563. The number of thiophene rings is 1. The standard InChI is InChI=1S/C17H22N2OS/c1-4-18-17(20)13(3)19-16(15-6-5-11-21-15)14-9-7-12(2)8-10-14/h5-11,13,16,19H,4H2,1-3H3,(H,18,20)/t13-,16+/m1/s1. The molecule has 0 spiro atoms. The molecule has 2 aromatic rings. The van der Waals surface area contributed by atoms with Gasteiger partial charge in [-0.1, -0.05) is 35.9 Å². The normalized spacial score (nSPS) is 13.7. The van der Waals surface area contributed by atoms with Crippen molar-refractivity contribution in [1.29, 1.82) is 0 Å². The molecular weight excluding hydrogens is 280 g/mol. The van der Waals surface area contributed by atoms with E-state index in [9.17, 15) is 4.79 Å². The molecule has 2 atom stereocenters. The maximum Gasteiger partial charge on any atom is 0.236 e. The predicted molar refractivity (Wildman–Crippen MR) is 88.6 cm³/mol. The summed E-state index contributed by atoms with van der Waals surface area (Å²) in [4.78, 5) is 13.2. The van der Waals surface area contributed by atoms with Crippen molar-refractivity contribution in [2.75, 3.05) is 6.54 Å². The molecule has 1 aromatic heterocycles. The van der Waals surface area contributed by atoms with E-state index >= 15 is 0 Å². The van der Waals surface area contributed by atoms with Crippen LogP contribution in [-0.4, -0.2) is 18.5 Å². The molecule has 1 aromatic carbocycles. The number of hydrogen-bond acceptors (Lipinski definition) is 3. The highest BCUT2D eigenvalue weighted by atomic mass is 32.1. The van der Waals surface area contributed by atoms with Crippen molar-refractivity contribution in [3.63, 3.8) is 0 Å². The molecule has 112 valence electrons. The summed E-state index contributed by atoms with van der Waals surface area (Å²) in [6.45, 7) is 6.56. The van der Waals surface area contributed by atoms with E-state index in [0.717, 1.165) is 0 Å². The molecule has 2 rings (SSSR count). The third-order valence-electron chi connectivity index (χ3n) is 3.40. The first-order valence-electron chi connectivity index (χ1n) is 7.25. The quantitative estimate of drug-likeness (QED) is 0.860. The van der Waals surface area contributed by atoms with E-state index in [4.69, 9.17) is 0 Å². The molecule has 0 fully saturated rings. The second kappa shape index (κ2) is 7.38. The molecule has 0 unspecified atom stereocenters. The number of nitrogens with one attached hydrogen (secondary N) is 2. The van der Waals surface area contributed by atoms with Gasteiger partial charge in [0.15, 0.2) is 0 Å². The number of rotatable bonds is 6. The monoisotopic (exact) mass is 302 g/mol. The van der Waals surface area contributed by atoms with Crippen LogP contribution in [0.3, 0.4) is 0 Å². The van der Waals surface area contributed by atoms with Gasteiger partial charge in [-0.15, -0.1) is 11.3 Å². The van der Waals surface area contributed by atoms with Gasteiger partial charge in [0.25, 0.3) is 0 Å². The Morgan fingerprint density at radius 2 is 1.95 bits per heavy atom. The molecule has 21 heavy (non-hydrogen) atoms. The van der Waals surface area contributed by atoms with Crippen molar-refractivity contribution in [2.45, 2.75) is 32.9 Å². The fourth-order valence-corrected chi connectivity index (χ4v) is 3.02. The highest BCUT2D eigenvalue weighted by molar-refractivity contribution is 7.10. The highest BCUT2D eigenvalue weighted by Gasteiger charge is 2.20. The molecule has 3 nitrogen and oxygen atoms in total.